The molecule has 3 aliphatic rings. The average Bonchev–Trinajstić information content (AvgIpc) is 2.77. The second kappa shape index (κ2) is 7.55. The van der Waals surface area contributed by atoms with Gasteiger partial charge in [-0.15, -0.1) is 0 Å². The number of likely N-dealkylation sites (tertiary alicyclic amines) is 2. The first-order chi connectivity index (χ1) is 11.1. The number of nitrogens with zero attached hydrogens (tertiary/aromatic N) is 2. The molecule has 0 aromatic rings. The number of hydrogen-bond donors (Lipinski definition) is 0. The van der Waals surface area contributed by atoms with Crippen LogP contribution in [-0.4, -0.2) is 46.9 Å². The molecule has 1 saturated carbocycles. The lowest BCUT2D eigenvalue weighted by atomic mass is 9.84. The van der Waals surface area contributed by atoms with Crippen molar-refractivity contribution in [1.82, 2.24) is 9.80 Å². The van der Waals surface area contributed by atoms with E-state index >= 15 is 0 Å². The van der Waals surface area contributed by atoms with Crippen molar-refractivity contribution >= 4 is 5.91 Å². The summed E-state index contributed by atoms with van der Waals surface area (Å²) in [6, 6.07) is 0.689. The van der Waals surface area contributed by atoms with Crippen LogP contribution in [0.2, 0.25) is 0 Å². The first kappa shape index (κ1) is 17.3. The normalized spacial score (nSPS) is 32.4. The van der Waals surface area contributed by atoms with Crippen LogP contribution < -0.4 is 0 Å². The maximum Gasteiger partial charge on any atom is 0.223 e. The molecule has 2 atom stereocenters. The highest BCUT2D eigenvalue weighted by atomic mass is 16.2. The molecule has 3 nitrogen and oxygen atoms in total. The number of carbonyl (C=O) groups is 1. The third-order valence-electron chi connectivity index (χ3n) is 7.01. The largest absolute Gasteiger partial charge is 0.337 e. The first-order valence-corrected chi connectivity index (χ1v) is 10.2. The van der Waals surface area contributed by atoms with E-state index in [1.54, 1.807) is 0 Å². The molecule has 3 rings (SSSR count). The van der Waals surface area contributed by atoms with Crippen LogP contribution in [-0.2, 0) is 4.79 Å². The van der Waals surface area contributed by atoms with E-state index in [0.717, 1.165) is 25.3 Å². The van der Waals surface area contributed by atoms with Gasteiger partial charge in [0.25, 0.3) is 0 Å². The fourth-order valence-electron chi connectivity index (χ4n) is 5.22. The minimum Gasteiger partial charge on any atom is -0.337 e. The van der Waals surface area contributed by atoms with E-state index in [1.165, 1.54) is 70.9 Å². The number of amides is 1. The van der Waals surface area contributed by atoms with Gasteiger partial charge in [-0.05, 0) is 64.3 Å². The second-order valence-electron chi connectivity index (χ2n) is 8.38. The van der Waals surface area contributed by atoms with Gasteiger partial charge < -0.3 is 9.80 Å². The molecule has 1 aliphatic carbocycles. The Balaban J connectivity index is 1.67. The fraction of sp³-hybridized carbons (Fsp3) is 0.950. The van der Waals surface area contributed by atoms with Crippen molar-refractivity contribution in [3.05, 3.63) is 0 Å². The smallest absolute Gasteiger partial charge is 0.223 e. The number of carbonyl (C=O) groups excluding carboxylic acids is 1. The molecule has 1 spiro atoms. The molecule has 0 aromatic heterocycles. The zero-order valence-corrected chi connectivity index (χ0v) is 15.4. The Bertz CT molecular complexity index is 404. The molecule has 23 heavy (non-hydrogen) atoms. The van der Waals surface area contributed by atoms with Crippen LogP contribution in [0.15, 0.2) is 0 Å². The van der Waals surface area contributed by atoms with E-state index < -0.39 is 0 Å². The minimum atomic E-state index is 0.205. The summed E-state index contributed by atoms with van der Waals surface area (Å²) in [6.07, 6.45) is 13.7. The molecular weight excluding hydrogens is 284 g/mol. The highest BCUT2D eigenvalue weighted by Crippen LogP contribution is 2.41. The van der Waals surface area contributed by atoms with E-state index in [0.29, 0.717) is 11.9 Å². The van der Waals surface area contributed by atoms with Gasteiger partial charge in [-0.3, -0.25) is 4.79 Å². The van der Waals surface area contributed by atoms with E-state index in [9.17, 15) is 4.79 Å². The molecule has 0 unspecified atom stereocenters. The summed E-state index contributed by atoms with van der Waals surface area (Å²) < 4.78 is 0. The number of hydrogen-bond acceptors (Lipinski definition) is 2. The van der Waals surface area contributed by atoms with Gasteiger partial charge in [0.1, 0.15) is 0 Å². The predicted octanol–water partition coefficient (Wildman–Crippen LogP) is 4.21. The Labute approximate surface area is 142 Å². The molecule has 132 valence electrons. The van der Waals surface area contributed by atoms with Crippen molar-refractivity contribution in [2.24, 2.45) is 5.92 Å². The van der Waals surface area contributed by atoms with Crippen molar-refractivity contribution in [2.45, 2.75) is 96.1 Å². The third kappa shape index (κ3) is 3.75. The third-order valence-corrected chi connectivity index (χ3v) is 7.01. The summed E-state index contributed by atoms with van der Waals surface area (Å²) in [5.41, 5.74) is 0.205. The van der Waals surface area contributed by atoms with Crippen molar-refractivity contribution < 1.29 is 4.79 Å². The molecule has 0 N–H and O–H groups in total. The SMILES string of the molecule is CC[C@@H](C)N1CCC[C@@]2(CCC(=O)N2CC2CCCCC2)CC1. The quantitative estimate of drug-likeness (QED) is 0.774. The minimum absolute atomic E-state index is 0.205. The Morgan fingerprint density at radius 2 is 1.87 bits per heavy atom. The van der Waals surface area contributed by atoms with Gasteiger partial charge in [0.2, 0.25) is 5.91 Å². The van der Waals surface area contributed by atoms with Crippen molar-refractivity contribution in [3.8, 4) is 0 Å². The van der Waals surface area contributed by atoms with Crippen molar-refractivity contribution in [3.63, 3.8) is 0 Å². The fourth-order valence-corrected chi connectivity index (χ4v) is 5.22. The highest BCUT2D eigenvalue weighted by Gasteiger charge is 2.46. The summed E-state index contributed by atoms with van der Waals surface area (Å²) in [4.78, 5) is 17.6. The van der Waals surface area contributed by atoms with E-state index in [-0.39, 0.29) is 5.54 Å². The molecule has 0 radical (unpaired) electrons. The number of rotatable bonds is 4. The summed E-state index contributed by atoms with van der Waals surface area (Å²) in [7, 11) is 0. The molecule has 2 heterocycles. The van der Waals surface area contributed by atoms with Crippen LogP contribution in [0.25, 0.3) is 0 Å². The van der Waals surface area contributed by atoms with Crippen LogP contribution in [0.1, 0.15) is 84.5 Å². The summed E-state index contributed by atoms with van der Waals surface area (Å²) in [5.74, 6) is 1.23. The zero-order valence-electron chi connectivity index (χ0n) is 15.4. The Kier molecular flexibility index (Phi) is 5.66. The molecule has 0 bridgehead atoms. The van der Waals surface area contributed by atoms with Gasteiger partial charge in [0.15, 0.2) is 0 Å². The van der Waals surface area contributed by atoms with E-state index in [2.05, 4.69) is 23.6 Å². The Morgan fingerprint density at radius 1 is 1.09 bits per heavy atom. The van der Waals surface area contributed by atoms with E-state index in [1.807, 2.05) is 0 Å². The standard InChI is InChI=1S/C20H36N2O/c1-3-17(2)21-14-7-11-20(13-15-21)12-10-19(23)22(20)16-18-8-5-4-6-9-18/h17-18H,3-16H2,1-2H3/t17-,20-/m1/s1. The zero-order chi connectivity index (χ0) is 16.3. The average molecular weight is 321 g/mol. The lowest BCUT2D eigenvalue weighted by Gasteiger charge is -2.41. The van der Waals surface area contributed by atoms with Crippen LogP contribution in [0.4, 0.5) is 0 Å². The van der Waals surface area contributed by atoms with Crippen molar-refractivity contribution in [1.29, 1.82) is 0 Å². The van der Waals surface area contributed by atoms with Gasteiger partial charge >= 0.3 is 0 Å². The first-order valence-electron chi connectivity index (χ1n) is 10.2. The van der Waals surface area contributed by atoms with Gasteiger partial charge in [-0.1, -0.05) is 26.2 Å². The summed E-state index contributed by atoms with van der Waals surface area (Å²) >= 11 is 0. The topological polar surface area (TPSA) is 23.6 Å². The van der Waals surface area contributed by atoms with Gasteiger partial charge in [0, 0.05) is 31.1 Å². The van der Waals surface area contributed by atoms with Crippen molar-refractivity contribution in [2.75, 3.05) is 19.6 Å². The molecule has 2 saturated heterocycles. The molecule has 0 aromatic carbocycles. The lowest BCUT2D eigenvalue weighted by molar-refractivity contribution is -0.132. The molecule has 2 aliphatic heterocycles. The Hall–Kier alpha value is -0.570. The molecule has 3 fully saturated rings. The second-order valence-corrected chi connectivity index (χ2v) is 8.38. The maximum absolute atomic E-state index is 12.6. The maximum atomic E-state index is 12.6. The summed E-state index contributed by atoms with van der Waals surface area (Å²) in [6.45, 7) is 8.12. The van der Waals surface area contributed by atoms with Crippen LogP contribution in [0.3, 0.4) is 0 Å². The van der Waals surface area contributed by atoms with Crippen LogP contribution in [0, 0.1) is 5.92 Å². The Morgan fingerprint density at radius 3 is 2.61 bits per heavy atom. The molecule has 1 amide bonds. The van der Waals surface area contributed by atoms with Gasteiger partial charge in [-0.25, -0.2) is 0 Å². The lowest BCUT2D eigenvalue weighted by Crippen LogP contribution is -2.48. The highest BCUT2D eigenvalue weighted by molar-refractivity contribution is 5.79. The summed E-state index contributed by atoms with van der Waals surface area (Å²) in [5, 5.41) is 0. The molecule has 3 heteroatoms. The van der Waals surface area contributed by atoms with E-state index in [4.69, 9.17) is 0 Å². The molecular formula is C20H36N2O. The van der Waals surface area contributed by atoms with Crippen LogP contribution in [0.5, 0.6) is 0 Å². The van der Waals surface area contributed by atoms with Crippen LogP contribution >= 0.6 is 0 Å². The van der Waals surface area contributed by atoms with Gasteiger partial charge in [0.05, 0.1) is 0 Å². The predicted molar refractivity (Wildman–Crippen MR) is 95.4 cm³/mol. The van der Waals surface area contributed by atoms with Gasteiger partial charge in [-0.2, -0.15) is 0 Å². The monoisotopic (exact) mass is 320 g/mol.